The molecule has 0 radical (unpaired) electrons. The maximum atomic E-state index is 12.0. The van der Waals surface area contributed by atoms with Gasteiger partial charge in [0.15, 0.2) is 0 Å². The van der Waals surface area contributed by atoms with Crippen molar-refractivity contribution in [1.29, 1.82) is 0 Å². The van der Waals surface area contributed by atoms with Gasteiger partial charge in [-0.1, -0.05) is 50.8 Å². The zero-order valence-corrected chi connectivity index (χ0v) is 13.7. The molecular formula is C18H26N2O3. The molecule has 5 nitrogen and oxygen atoms in total. The Balaban J connectivity index is 1.89. The topological polar surface area (TPSA) is 78.4 Å². The highest BCUT2D eigenvalue weighted by Gasteiger charge is 2.30. The van der Waals surface area contributed by atoms with Crippen molar-refractivity contribution < 1.29 is 14.7 Å². The van der Waals surface area contributed by atoms with Crippen LogP contribution in [-0.4, -0.2) is 29.1 Å². The monoisotopic (exact) mass is 318 g/mol. The highest BCUT2D eigenvalue weighted by Crippen LogP contribution is 2.27. The van der Waals surface area contributed by atoms with E-state index in [1.807, 2.05) is 18.2 Å². The third kappa shape index (κ3) is 5.06. The molecule has 126 valence electrons. The summed E-state index contributed by atoms with van der Waals surface area (Å²) < 4.78 is 0. The number of aliphatic hydroxyl groups is 1. The molecule has 0 aromatic heterocycles. The van der Waals surface area contributed by atoms with E-state index in [0.29, 0.717) is 18.5 Å². The first kappa shape index (κ1) is 17.5. The van der Waals surface area contributed by atoms with Gasteiger partial charge in [0.1, 0.15) is 0 Å². The molecule has 1 saturated carbocycles. The van der Waals surface area contributed by atoms with Crippen LogP contribution >= 0.6 is 0 Å². The van der Waals surface area contributed by atoms with Gasteiger partial charge in [-0.05, 0) is 30.9 Å². The number of hydrogen-bond donors (Lipinski definition) is 3. The van der Waals surface area contributed by atoms with E-state index in [4.69, 9.17) is 0 Å². The van der Waals surface area contributed by atoms with Gasteiger partial charge in [-0.3, -0.25) is 9.59 Å². The van der Waals surface area contributed by atoms with Gasteiger partial charge in [-0.2, -0.15) is 0 Å². The number of amides is 2. The molecule has 2 rings (SSSR count). The molecule has 0 atom stereocenters. The molecule has 23 heavy (non-hydrogen) atoms. The van der Waals surface area contributed by atoms with Crippen molar-refractivity contribution in [3.8, 4) is 0 Å². The second-order valence-corrected chi connectivity index (χ2v) is 6.33. The standard InChI is InChI=1S/C18H26N2O3/c1-2-8-14-9-4-5-10-15(14)20-17(22)16(21)19-13-18(23)11-6-3-7-12-18/h4-5,9-10,23H,2-3,6-8,11-13H2,1H3,(H,19,21)(H,20,22). The Kier molecular flexibility index (Phi) is 6.16. The van der Waals surface area contributed by atoms with E-state index < -0.39 is 17.4 Å². The summed E-state index contributed by atoms with van der Waals surface area (Å²) in [4.78, 5) is 24.0. The predicted octanol–water partition coefficient (Wildman–Crippen LogP) is 2.39. The van der Waals surface area contributed by atoms with E-state index in [9.17, 15) is 14.7 Å². The van der Waals surface area contributed by atoms with Crippen LogP contribution in [0.3, 0.4) is 0 Å². The van der Waals surface area contributed by atoms with Crippen LogP contribution in [0.25, 0.3) is 0 Å². The Bertz CT molecular complexity index is 551. The van der Waals surface area contributed by atoms with Crippen molar-refractivity contribution >= 4 is 17.5 Å². The minimum atomic E-state index is -0.867. The second kappa shape index (κ2) is 8.11. The lowest BCUT2D eigenvalue weighted by molar-refractivity contribution is -0.137. The summed E-state index contributed by atoms with van der Waals surface area (Å²) in [5, 5.41) is 15.6. The van der Waals surface area contributed by atoms with Crippen molar-refractivity contribution in [2.45, 2.75) is 57.5 Å². The summed E-state index contributed by atoms with van der Waals surface area (Å²) in [5.41, 5.74) is 0.821. The molecule has 0 saturated heterocycles. The summed E-state index contributed by atoms with van der Waals surface area (Å²) in [7, 11) is 0. The van der Waals surface area contributed by atoms with Gasteiger partial charge in [-0.25, -0.2) is 0 Å². The molecule has 3 N–H and O–H groups in total. The van der Waals surface area contributed by atoms with Gasteiger partial charge >= 0.3 is 11.8 Å². The molecule has 0 heterocycles. The number of carbonyl (C=O) groups excluding carboxylic acids is 2. The lowest BCUT2D eigenvalue weighted by Gasteiger charge is -2.31. The molecule has 0 spiro atoms. The number of anilines is 1. The van der Waals surface area contributed by atoms with Crippen molar-refractivity contribution in [2.24, 2.45) is 0 Å². The fraction of sp³-hybridized carbons (Fsp3) is 0.556. The Labute approximate surface area is 137 Å². The molecule has 5 heteroatoms. The molecule has 1 aliphatic rings. The van der Waals surface area contributed by atoms with E-state index in [0.717, 1.165) is 37.7 Å². The Hall–Kier alpha value is -1.88. The molecule has 0 aliphatic heterocycles. The van der Waals surface area contributed by atoms with Gasteiger partial charge in [0, 0.05) is 12.2 Å². The van der Waals surface area contributed by atoms with Crippen LogP contribution < -0.4 is 10.6 Å². The molecule has 2 amide bonds. The summed E-state index contributed by atoms with van der Waals surface area (Å²) >= 11 is 0. The molecule has 0 unspecified atom stereocenters. The maximum Gasteiger partial charge on any atom is 0.313 e. The maximum absolute atomic E-state index is 12.0. The minimum absolute atomic E-state index is 0.135. The van der Waals surface area contributed by atoms with Gasteiger partial charge < -0.3 is 15.7 Å². The summed E-state index contributed by atoms with van der Waals surface area (Å²) in [6.45, 7) is 2.20. The molecule has 1 aromatic carbocycles. The number of para-hydroxylation sites is 1. The van der Waals surface area contributed by atoms with E-state index in [1.54, 1.807) is 6.07 Å². The quantitative estimate of drug-likeness (QED) is 0.729. The number of nitrogens with one attached hydrogen (secondary N) is 2. The first-order chi connectivity index (χ1) is 11.0. The van der Waals surface area contributed by atoms with Crippen LogP contribution in [0.15, 0.2) is 24.3 Å². The lowest BCUT2D eigenvalue weighted by atomic mass is 9.85. The average Bonchev–Trinajstić information content (AvgIpc) is 2.55. The number of benzene rings is 1. The third-order valence-corrected chi connectivity index (χ3v) is 4.35. The predicted molar refractivity (Wildman–Crippen MR) is 90.1 cm³/mol. The van der Waals surface area contributed by atoms with Crippen molar-refractivity contribution in [1.82, 2.24) is 5.32 Å². The smallest absolute Gasteiger partial charge is 0.313 e. The van der Waals surface area contributed by atoms with Gasteiger partial charge in [0.2, 0.25) is 0 Å². The molecule has 0 bridgehead atoms. The van der Waals surface area contributed by atoms with Crippen LogP contribution in [0.4, 0.5) is 5.69 Å². The molecular weight excluding hydrogens is 292 g/mol. The van der Waals surface area contributed by atoms with E-state index >= 15 is 0 Å². The first-order valence-corrected chi connectivity index (χ1v) is 8.43. The first-order valence-electron chi connectivity index (χ1n) is 8.43. The van der Waals surface area contributed by atoms with Crippen LogP contribution in [0.1, 0.15) is 51.0 Å². The van der Waals surface area contributed by atoms with E-state index in [-0.39, 0.29) is 6.54 Å². The molecule has 1 fully saturated rings. The zero-order valence-electron chi connectivity index (χ0n) is 13.7. The van der Waals surface area contributed by atoms with Gasteiger partial charge in [0.05, 0.1) is 5.60 Å². The number of rotatable bonds is 5. The van der Waals surface area contributed by atoms with Crippen LogP contribution in [0.2, 0.25) is 0 Å². The largest absolute Gasteiger partial charge is 0.388 e. The fourth-order valence-corrected chi connectivity index (χ4v) is 3.02. The minimum Gasteiger partial charge on any atom is -0.388 e. The number of hydrogen-bond acceptors (Lipinski definition) is 3. The Morgan fingerprint density at radius 2 is 1.83 bits per heavy atom. The third-order valence-electron chi connectivity index (χ3n) is 4.35. The van der Waals surface area contributed by atoms with E-state index in [1.165, 1.54) is 0 Å². The summed E-state index contributed by atoms with van der Waals surface area (Å²) in [6, 6.07) is 7.49. The SMILES string of the molecule is CCCc1ccccc1NC(=O)C(=O)NCC1(O)CCCCC1. The van der Waals surface area contributed by atoms with Crippen molar-refractivity contribution in [3.05, 3.63) is 29.8 Å². The number of aryl methyl sites for hydroxylation is 1. The normalized spacial score (nSPS) is 16.6. The van der Waals surface area contributed by atoms with E-state index in [2.05, 4.69) is 17.6 Å². The lowest BCUT2D eigenvalue weighted by Crippen LogP contribution is -2.47. The van der Waals surface area contributed by atoms with Gasteiger partial charge in [-0.15, -0.1) is 0 Å². The Morgan fingerprint density at radius 1 is 1.13 bits per heavy atom. The fourth-order valence-electron chi connectivity index (χ4n) is 3.02. The van der Waals surface area contributed by atoms with Crippen LogP contribution in [0.5, 0.6) is 0 Å². The highest BCUT2D eigenvalue weighted by atomic mass is 16.3. The van der Waals surface area contributed by atoms with Gasteiger partial charge in [0.25, 0.3) is 0 Å². The highest BCUT2D eigenvalue weighted by molar-refractivity contribution is 6.39. The average molecular weight is 318 g/mol. The molecule has 1 aliphatic carbocycles. The van der Waals surface area contributed by atoms with Crippen LogP contribution in [0, 0.1) is 0 Å². The zero-order chi connectivity index (χ0) is 16.7. The number of carbonyl (C=O) groups is 2. The van der Waals surface area contributed by atoms with Crippen LogP contribution in [-0.2, 0) is 16.0 Å². The second-order valence-electron chi connectivity index (χ2n) is 6.33. The van der Waals surface area contributed by atoms with Crippen molar-refractivity contribution in [3.63, 3.8) is 0 Å². The molecule has 1 aromatic rings. The Morgan fingerprint density at radius 3 is 2.52 bits per heavy atom. The van der Waals surface area contributed by atoms with Crippen molar-refractivity contribution in [2.75, 3.05) is 11.9 Å². The summed E-state index contributed by atoms with van der Waals surface area (Å²) in [6.07, 6.45) is 6.20. The summed E-state index contributed by atoms with van der Waals surface area (Å²) in [5.74, 6) is -1.39.